The maximum absolute atomic E-state index is 11.6. The number of alkyl halides is 1. The van der Waals surface area contributed by atoms with Crippen LogP contribution in [0.25, 0.3) is 0 Å². The second-order valence-electron chi connectivity index (χ2n) is 4.01. The first-order valence-electron chi connectivity index (χ1n) is 5.19. The van der Waals surface area contributed by atoms with Crippen LogP contribution < -0.4 is 0 Å². The molecule has 2 unspecified atom stereocenters. The number of hydrogen-bond donors (Lipinski definition) is 1. The molecular formula is C12H13IO3. The fourth-order valence-electron chi connectivity index (χ4n) is 1.88. The molecule has 0 saturated carbocycles. The molecule has 2 atom stereocenters. The summed E-state index contributed by atoms with van der Waals surface area (Å²) in [5, 5.41) is 9.74. The molecule has 1 N–H and O–H groups in total. The van der Waals surface area contributed by atoms with E-state index in [1.165, 1.54) is 0 Å². The van der Waals surface area contributed by atoms with Gasteiger partial charge in [-0.3, -0.25) is 0 Å². The monoisotopic (exact) mass is 332 g/mol. The van der Waals surface area contributed by atoms with Crippen molar-refractivity contribution < 1.29 is 14.6 Å². The van der Waals surface area contributed by atoms with Crippen LogP contribution in [0.4, 0.5) is 0 Å². The molecule has 0 bridgehead atoms. The second-order valence-corrected chi connectivity index (χ2v) is 4.89. The molecule has 0 aliphatic carbocycles. The van der Waals surface area contributed by atoms with E-state index in [2.05, 4.69) is 22.6 Å². The van der Waals surface area contributed by atoms with Crippen molar-refractivity contribution in [2.45, 2.75) is 25.6 Å². The topological polar surface area (TPSA) is 46.5 Å². The van der Waals surface area contributed by atoms with Crippen LogP contribution in [0.15, 0.2) is 18.2 Å². The predicted molar refractivity (Wildman–Crippen MR) is 68.9 cm³/mol. The number of aliphatic hydroxyl groups excluding tert-OH is 1. The smallest absolute Gasteiger partial charge is 0.338 e. The van der Waals surface area contributed by atoms with Gasteiger partial charge < -0.3 is 9.84 Å². The zero-order valence-corrected chi connectivity index (χ0v) is 11.1. The summed E-state index contributed by atoms with van der Waals surface area (Å²) in [6.45, 7) is 1.88. The molecule has 2 rings (SSSR count). The molecule has 4 heteroatoms. The van der Waals surface area contributed by atoms with Crippen molar-refractivity contribution in [3.8, 4) is 0 Å². The van der Waals surface area contributed by atoms with Crippen molar-refractivity contribution in [2.75, 3.05) is 4.43 Å². The number of fused-ring (bicyclic) bond motifs is 1. The maximum atomic E-state index is 11.6. The quantitative estimate of drug-likeness (QED) is 0.513. The average molecular weight is 332 g/mol. The van der Waals surface area contributed by atoms with E-state index in [-0.39, 0.29) is 12.1 Å². The van der Waals surface area contributed by atoms with Crippen molar-refractivity contribution in [1.29, 1.82) is 0 Å². The highest BCUT2D eigenvalue weighted by molar-refractivity contribution is 14.1. The summed E-state index contributed by atoms with van der Waals surface area (Å²) in [5.41, 5.74) is 2.47. The number of carbonyl (C=O) groups excluding carboxylic acids is 1. The minimum Gasteiger partial charge on any atom is -0.459 e. The SMILES string of the molecule is CC1Cc2cc(C(O)CI)ccc2C(=O)O1. The molecule has 0 saturated heterocycles. The van der Waals surface area contributed by atoms with Gasteiger partial charge in [-0.25, -0.2) is 4.79 Å². The second kappa shape index (κ2) is 4.71. The molecule has 3 nitrogen and oxygen atoms in total. The van der Waals surface area contributed by atoms with Gasteiger partial charge in [0.1, 0.15) is 6.10 Å². The lowest BCUT2D eigenvalue weighted by atomic mass is 9.95. The van der Waals surface area contributed by atoms with Crippen molar-refractivity contribution in [3.63, 3.8) is 0 Å². The molecule has 1 aliphatic heterocycles. The summed E-state index contributed by atoms with van der Waals surface area (Å²) in [5.74, 6) is -0.260. The Labute approximate surface area is 108 Å². The van der Waals surface area contributed by atoms with Gasteiger partial charge in [0.2, 0.25) is 0 Å². The number of ether oxygens (including phenoxy) is 1. The Bertz CT molecular complexity index is 417. The first-order chi connectivity index (χ1) is 7.61. The van der Waals surface area contributed by atoms with Gasteiger partial charge in [-0.1, -0.05) is 34.7 Å². The summed E-state index contributed by atoms with van der Waals surface area (Å²) >= 11 is 2.14. The molecule has 0 radical (unpaired) electrons. The Kier molecular flexibility index (Phi) is 3.49. The highest BCUT2D eigenvalue weighted by atomic mass is 127. The van der Waals surface area contributed by atoms with E-state index in [1.807, 2.05) is 13.0 Å². The highest BCUT2D eigenvalue weighted by Crippen LogP contribution is 2.25. The third kappa shape index (κ3) is 2.22. The van der Waals surface area contributed by atoms with Crippen molar-refractivity contribution >= 4 is 28.6 Å². The van der Waals surface area contributed by atoms with Crippen LogP contribution in [0, 0.1) is 0 Å². The van der Waals surface area contributed by atoms with Gasteiger partial charge in [0.25, 0.3) is 0 Å². The molecule has 0 fully saturated rings. The molecule has 0 spiro atoms. The van der Waals surface area contributed by atoms with Crippen LogP contribution in [0.5, 0.6) is 0 Å². The summed E-state index contributed by atoms with van der Waals surface area (Å²) in [7, 11) is 0. The number of esters is 1. The predicted octanol–water partition coefficient (Wildman–Crippen LogP) is 2.26. The molecule has 0 aromatic heterocycles. The van der Waals surface area contributed by atoms with E-state index in [4.69, 9.17) is 4.74 Å². The highest BCUT2D eigenvalue weighted by Gasteiger charge is 2.24. The summed E-state index contributed by atoms with van der Waals surface area (Å²) in [6.07, 6.45) is 0.189. The number of benzene rings is 1. The van der Waals surface area contributed by atoms with Gasteiger partial charge in [0.05, 0.1) is 11.7 Å². The lowest BCUT2D eigenvalue weighted by molar-refractivity contribution is 0.0301. The lowest BCUT2D eigenvalue weighted by Gasteiger charge is -2.22. The summed E-state index contributed by atoms with van der Waals surface area (Å²) in [4.78, 5) is 11.6. The lowest BCUT2D eigenvalue weighted by Crippen LogP contribution is -2.25. The Balaban J connectivity index is 2.38. The van der Waals surface area contributed by atoms with Gasteiger partial charge in [-0.15, -0.1) is 0 Å². The van der Waals surface area contributed by atoms with Crippen LogP contribution in [0.2, 0.25) is 0 Å². The first-order valence-corrected chi connectivity index (χ1v) is 6.72. The maximum Gasteiger partial charge on any atom is 0.338 e. The van der Waals surface area contributed by atoms with E-state index in [0.29, 0.717) is 9.99 Å². The van der Waals surface area contributed by atoms with Crippen molar-refractivity contribution in [2.24, 2.45) is 0 Å². The molecule has 1 aromatic carbocycles. The molecule has 1 heterocycles. The Morgan fingerprint density at radius 1 is 1.62 bits per heavy atom. The van der Waals surface area contributed by atoms with E-state index in [9.17, 15) is 9.90 Å². The van der Waals surface area contributed by atoms with Crippen LogP contribution in [-0.2, 0) is 11.2 Å². The molecule has 1 aliphatic rings. The molecule has 16 heavy (non-hydrogen) atoms. The van der Waals surface area contributed by atoms with Gasteiger partial charge in [-0.05, 0) is 24.1 Å². The molecule has 1 aromatic rings. The first kappa shape index (κ1) is 11.9. The number of halogens is 1. The minimum absolute atomic E-state index is 0.0769. The average Bonchev–Trinajstić information content (AvgIpc) is 2.27. The minimum atomic E-state index is -0.459. The molecule has 86 valence electrons. The van der Waals surface area contributed by atoms with E-state index in [1.54, 1.807) is 12.1 Å². The Morgan fingerprint density at radius 2 is 2.38 bits per heavy atom. The van der Waals surface area contributed by atoms with Gasteiger partial charge in [0.15, 0.2) is 0 Å². The number of hydrogen-bond acceptors (Lipinski definition) is 3. The summed E-state index contributed by atoms with van der Waals surface area (Å²) < 4.78 is 5.79. The number of aliphatic hydroxyl groups is 1. The fraction of sp³-hybridized carbons (Fsp3) is 0.417. The van der Waals surface area contributed by atoms with E-state index < -0.39 is 6.10 Å². The Morgan fingerprint density at radius 3 is 3.06 bits per heavy atom. The molecular weight excluding hydrogens is 319 g/mol. The van der Waals surface area contributed by atoms with Gasteiger partial charge >= 0.3 is 5.97 Å². The zero-order valence-electron chi connectivity index (χ0n) is 8.94. The van der Waals surface area contributed by atoms with Crippen LogP contribution in [0.1, 0.15) is 34.5 Å². The number of cyclic esters (lactones) is 1. The van der Waals surface area contributed by atoms with Crippen LogP contribution in [0.3, 0.4) is 0 Å². The Hall–Kier alpha value is -0.620. The third-order valence-electron chi connectivity index (χ3n) is 2.70. The zero-order chi connectivity index (χ0) is 11.7. The van der Waals surface area contributed by atoms with Crippen LogP contribution in [-0.4, -0.2) is 21.6 Å². The van der Waals surface area contributed by atoms with E-state index in [0.717, 1.165) is 17.5 Å². The number of rotatable bonds is 2. The normalized spacial score (nSPS) is 21.2. The third-order valence-corrected chi connectivity index (χ3v) is 3.53. The van der Waals surface area contributed by atoms with Gasteiger partial charge in [-0.2, -0.15) is 0 Å². The van der Waals surface area contributed by atoms with Crippen molar-refractivity contribution in [3.05, 3.63) is 34.9 Å². The molecule has 0 amide bonds. The number of carbonyl (C=O) groups is 1. The van der Waals surface area contributed by atoms with Crippen molar-refractivity contribution in [1.82, 2.24) is 0 Å². The summed E-state index contributed by atoms with van der Waals surface area (Å²) in [6, 6.07) is 5.45. The van der Waals surface area contributed by atoms with E-state index >= 15 is 0 Å². The fourth-order valence-corrected chi connectivity index (χ4v) is 2.38. The largest absolute Gasteiger partial charge is 0.459 e. The van der Waals surface area contributed by atoms with Crippen LogP contribution >= 0.6 is 22.6 Å². The van der Waals surface area contributed by atoms with Gasteiger partial charge in [0, 0.05) is 10.8 Å². The standard InChI is InChI=1S/C12H13IO3/c1-7-4-9-5-8(11(14)6-13)2-3-10(9)12(15)16-7/h2-3,5,7,11,14H,4,6H2,1H3.